The van der Waals surface area contributed by atoms with Crippen LogP contribution in [0.15, 0.2) is 71.6 Å². The molecule has 7 heteroatoms. The van der Waals surface area contributed by atoms with Crippen LogP contribution in [-0.4, -0.2) is 20.4 Å². The van der Waals surface area contributed by atoms with Crippen LogP contribution in [0.2, 0.25) is 0 Å². The first-order valence-electron chi connectivity index (χ1n) is 10.8. The minimum atomic E-state index is -3.97. The molecular formula is C26H29FN2O3S. The molecule has 2 atom stereocenters. The largest absolute Gasteiger partial charge is 0.348 e. The average Bonchev–Trinajstić information content (AvgIpc) is 2.73. The fraction of sp³-hybridized carbons (Fsp3) is 0.269. The minimum absolute atomic E-state index is 0.186. The number of amides is 1. The maximum absolute atomic E-state index is 13.4. The Hall–Kier alpha value is -3.03. The summed E-state index contributed by atoms with van der Waals surface area (Å²) in [6.45, 7) is 7.18. The van der Waals surface area contributed by atoms with Gasteiger partial charge in [0.2, 0.25) is 15.9 Å². The van der Waals surface area contributed by atoms with Crippen LogP contribution in [0, 0.1) is 26.6 Å². The third-order valence-corrected chi connectivity index (χ3v) is 7.27. The van der Waals surface area contributed by atoms with E-state index in [9.17, 15) is 17.6 Å². The molecule has 0 aliphatic heterocycles. The zero-order valence-electron chi connectivity index (χ0n) is 19.2. The Morgan fingerprint density at radius 1 is 0.939 bits per heavy atom. The van der Waals surface area contributed by atoms with E-state index in [0.717, 1.165) is 16.7 Å². The van der Waals surface area contributed by atoms with E-state index in [4.69, 9.17) is 0 Å². The number of hydrogen-bond donors (Lipinski definition) is 2. The van der Waals surface area contributed by atoms with Crippen LogP contribution in [0.1, 0.15) is 40.8 Å². The first-order chi connectivity index (χ1) is 15.6. The van der Waals surface area contributed by atoms with Crippen molar-refractivity contribution >= 4 is 15.9 Å². The summed E-state index contributed by atoms with van der Waals surface area (Å²) in [5, 5.41) is 2.86. The lowest BCUT2D eigenvalue weighted by molar-refractivity contribution is -0.123. The molecular weight excluding hydrogens is 439 g/mol. The van der Waals surface area contributed by atoms with Crippen LogP contribution >= 0.6 is 0 Å². The highest BCUT2D eigenvalue weighted by molar-refractivity contribution is 7.89. The minimum Gasteiger partial charge on any atom is -0.348 e. The van der Waals surface area contributed by atoms with Crippen molar-refractivity contribution in [3.8, 4) is 0 Å². The van der Waals surface area contributed by atoms with Gasteiger partial charge in [-0.25, -0.2) is 12.8 Å². The van der Waals surface area contributed by atoms with E-state index in [-0.39, 0.29) is 17.1 Å². The Morgan fingerprint density at radius 2 is 1.52 bits per heavy atom. The molecule has 0 bridgehead atoms. The van der Waals surface area contributed by atoms with Gasteiger partial charge in [0.1, 0.15) is 11.9 Å². The second kappa shape index (κ2) is 10.3. The quantitative estimate of drug-likeness (QED) is 0.511. The van der Waals surface area contributed by atoms with E-state index in [0.29, 0.717) is 11.1 Å². The third kappa shape index (κ3) is 6.27. The van der Waals surface area contributed by atoms with Crippen LogP contribution in [-0.2, 0) is 21.2 Å². The lowest BCUT2D eigenvalue weighted by Crippen LogP contribution is -2.48. The monoisotopic (exact) mass is 468 g/mol. The van der Waals surface area contributed by atoms with Gasteiger partial charge >= 0.3 is 0 Å². The lowest BCUT2D eigenvalue weighted by atomic mass is 10.0. The van der Waals surface area contributed by atoms with Crippen molar-refractivity contribution in [3.05, 3.63) is 100 Å². The molecule has 0 radical (unpaired) electrons. The first kappa shape index (κ1) is 24.6. The maximum Gasteiger partial charge on any atom is 0.241 e. The van der Waals surface area contributed by atoms with E-state index in [2.05, 4.69) is 10.0 Å². The van der Waals surface area contributed by atoms with E-state index in [1.54, 1.807) is 32.9 Å². The molecule has 0 saturated carbocycles. The topological polar surface area (TPSA) is 75.3 Å². The molecule has 3 rings (SSSR count). The number of benzene rings is 3. The molecule has 0 aromatic heterocycles. The molecule has 0 aliphatic rings. The smallest absolute Gasteiger partial charge is 0.241 e. The Morgan fingerprint density at radius 3 is 2.09 bits per heavy atom. The van der Waals surface area contributed by atoms with Crippen molar-refractivity contribution in [2.45, 2.75) is 51.1 Å². The SMILES string of the molecule is Cc1cc(C)c(S(=O)(=O)N[C@H](Cc2ccccc2)C(=O)N[C@@H](C)c2ccc(F)cc2)c(C)c1. The number of nitrogens with one attached hydrogen (secondary N) is 2. The van der Waals surface area contributed by atoms with Crippen molar-refractivity contribution < 1.29 is 17.6 Å². The van der Waals surface area contributed by atoms with Crippen LogP contribution in [0.25, 0.3) is 0 Å². The van der Waals surface area contributed by atoms with Crippen LogP contribution in [0.5, 0.6) is 0 Å². The van der Waals surface area contributed by atoms with Crippen molar-refractivity contribution in [2.24, 2.45) is 0 Å². The number of aryl methyl sites for hydroxylation is 3. The summed E-state index contributed by atoms with van der Waals surface area (Å²) < 4.78 is 42.6. The van der Waals surface area contributed by atoms with E-state index < -0.39 is 28.0 Å². The second-order valence-corrected chi connectivity index (χ2v) is 10.0. The van der Waals surface area contributed by atoms with Crippen molar-refractivity contribution in [3.63, 3.8) is 0 Å². The average molecular weight is 469 g/mol. The summed E-state index contributed by atoms with van der Waals surface area (Å²) in [6, 6.07) is 17.2. The summed E-state index contributed by atoms with van der Waals surface area (Å²) in [6.07, 6.45) is 0.187. The van der Waals surface area contributed by atoms with Crippen molar-refractivity contribution in [2.75, 3.05) is 0 Å². The van der Waals surface area contributed by atoms with Gasteiger partial charge in [-0.1, -0.05) is 60.2 Å². The molecule has 3 aromatic rings. The van der Waals surface area contributed by atoms with Gasteiger partial charge in [0.25, 0.3) is 0 Å². The molecule has 3 aromatic carbocycles. The third-order valence-electron chi connectivity index (χ3n) is 5.50. The highest BCUT2D eigenvalue weighted by Gasteiger charge is 2.29. The molecule has 33 heavy (non-hydrogen) atoms. The van der Waals surface area contributed by atoms with Crippen LogP contribution in [0.3, 0.4) is 0 Å². The van der Waals surface area contributed by atoms with Gasteiger partial charge in [-0.05, 0) is 68.5 Å². The van der Waals surface area contributed by atoms with Crippen molar-refractivity contribution in [1.29, 1.82) is 0 Å². The number of halogens is 1. The van der Waals surface area contributed by atoms with Gasteiger partial charge in [0.15, 0.2) is 0 Å². The summed E-state index contributed by atoms with van der Waals surface area (Å²) >= 11 is 0. The maximum atomic E-state index is 13.4. The Bertz CT molecular complexity index is 1200. The lowest BCUT2D eigenvalue weighted by Gasteiger charge is -2.23. The molecule has 5 nitrogen and oxygen atoms in total. The van der Waals surface area contributed by atoms with Crippen LogP contribution < -0.4 is 10.0 Å². The fourth-order valence-corrected chi connectivity index (χ4v) is 5.67. The number of hydrogen-bond acceptors (Lipinski definition) is 3. The summed E-state index contributed by atoms with van der Waals surface area (Å²) in [4.78, 5) is 13.4. The highest BCUT2D eigenvalue weighted by Crippen LogP contribution is 2.22. The number of carbonyl (C=O) groups excluding carboxylic acids is 1. The standard InChI is InChI=1S/C26H29FN2O3S/c1-17-14-18(2)25(19(3)15-17)33(31,32)29-24(16-21-8-6-5-7-9-21)26(30)28-20(4)22-10-12-23(27)13-11-22/h5-15,20,24,29H,16H2,1-4H3,(H,28,30)/t20-,24+/m0/s1. The van der Waals surface area contributed by atoms with Gasteiger partial charge < -0.3 is 5.32 Å². The highest BCUT2D eigenvalue weighted by atomic mass is 32.2. The van der Waals surface area contributed by atoms with Gasteiger partial charge in [0.05, 0.1) is 10.9 Å². The van der Waals surface area contributed by atoms with E-state index in [1.807, 2.05) is 49.4 Å². The molecule has 1 amide bonds. The second-order valence-electron chi connectivity index (χ2n) is 8.37. The molecule has 0 unspecified atom stereocenters. The summed E-state index contributed by atoms with van der Waals surface area (Å²) in [5.41, 5.74) is 3.76. The molecule has 0 heterocycles. The molecule has 0 fully saturated rings. The van der Waals surface area contributed by atoms with Crippen LogP contribution in [0.4, 0.5) is 4.39 Å². The molecule has 174 valence electrons. The first-order valence-corrected chi connectivity index (χ1v) is 12.2. The fourth-order valence-electron chi connectivity index (χ4n) is 4.02. The number of sulfonamides is 1. The molecule has 0 saturated heterocycles. The summed E-state index contributed by atoms with van der Waals surface area (Å²) in [5.74, 6) is -0.822. The molecule has 0 aliphatic carbocycles. The van der Waals surface area contributed by atoms with E-state index >= 15 is 0 Å². The predicted molar refractivity (Wildman–Crippen MR) is 128 cm³/mol. The summed E-state index contributed by atoms with van der Waals surface area (Å²) in [7, 11) is -3.97. The number of rotatable bonds is 8. The van der Waals surface area contributed by atoms with E-state index in [1.165, 1.54) is 12.1 Å². The van der Waals surface area contributed by atoms with Gasteiger partial charge in [-0.15, -0.1) is 0 Å². The Kier molecular flexibility index (Phi) is 7.66. The normalized spacial score (nSPS) is 13.4. The van der Waals surface area contributed by atoms with Crippen molar-refractivity contribution in [1.82, 2.24) is 10.0 Å². The molecule has 2 N–H and O–H groups in total. The predicted octanol–water partition coefficient (Wildman–Crippen LogP) is 4.52. The Labute approximate surface area is 195 Å². The van der Waals surface area contributed by atoms with Gasteiger partial charge in [0, 0.05) is 0 Å². The zero-order valence-corrected chi connectivity index (χ0v) is 20.0. The number of carbonyl (C=O) groups is 1. The van der Waals surface area contributed by atoms with Gasteiger partial charge in [-0.2, -0.15) is 4.72 Å². The van der Waals surface area contributed by atoms with Gasteiger partial charge in [-0.3, -0.25) is 4.79 Å². The zero-order chi connectivity index (χ0) is 24.2. The Balaban J connectivity index is 1.89. The molecule has 0 spiro atoms.